The molecule has 8 aromatic rings. The minimum atomic E-state index is -4.56. The molecular formula is C48H42N4O6S. The van der Waals surface area contributed by atoms with Crippen LogP contribution in [0.15, 0.2) is 146 Å². The van der Waals surface area contributed by atoms with Gasteiger partial charge < -0.3 is 38.5 Å². The summed E-state index contributed by atoms with van der Waals surface area (Å²) in [6.07, 6.45) is 0. The molecule has 0 saturated heterocycles. The molecule has 4 unspecified atom stereocenters. The number of benzene rings is 4. The first-order valence-electron chi connectivity index (χ1n) is 19.5. The molecule has 0 fully saturated rings. The number of phenolic OH excluding ortho intramolecular Hbond substituents is 2. The van der Waals surface area contributed by atoms with Gasteiger partial charge in [-0.25, -0.2) is 0 Å². The van der Waals surface area contributed by atoms with Crippen LogP contribution in [0.3, 0.4) is 0 Å². The lowest BCUT2D eigenvalue weighted by molar-refractivity contribution is 0.391. The fourth-order valence-corrected chi connectivity index (χ4v) is 10.1. The second kappa shape index (κ2) is 12.6. The van der Waals surface area contributed by atoms with Crippen LogP contribution < -0.4 is 8.37 Å². The molecule has 2 aliphatic heterocycles. The number of nitrogens with one attached hydrogen (secondary N) is 4. The van der Waals surface area contributed by atoms with Crippen molar-refractivity contribution in [3.05, 3.63) is 213 Å². The van der Waals surface area contributed by atoms with Gasteiger partial charge in [-0.15, -0.1) is 8.42 Å². The van der Waals surface area contributed by atoms with Crippen LogP contribution >= 0.6 is 0 Å². The number of aromatic hydroxyl groups is 2. The predicted octanol–water partition coefficient (Wildman–Crippen LogP) is 9.16. The molecule has 6 heterocycles. The maximum atomic E-state index is 13.6. The van der Waals surface area contributed by atoms with Crippen LogP contribution in [0.25, 0.3) is 0 Å². The zero-order valence-electron chi connectivity index (χ0n) is 32.8. The number of hydrogen-bond acceptors (Lipinski definition) is 6. The maximum Gasteiger partial charge on any atom is 0.500 e. The van der Waals surface area contributed by atoms with Crippen molar-refractivity contribution in [1.82, 2.24) is 19.9 Å². The van der Waals surface area contributed by atoms with Gasteiger partial charge in [-0.2, -0.15) is 0 Å². The number of phenols is 2. The lowest BCUT2D eigenvalue weighted by Gasteiger charge is -2.34. The average Bonchev–Trinajstić information content (AvgIpc) is 4.07. The molecule has 14 bridgehead atoms. The Labute approximate surface area is 341 Å². The van der Waals surface area contributed by atoms with Crippen molar-refractivity contribution in [2.45, 2.75) is 49.4 Å². The quantitative estimate of drug-likeness (QED) is 0.102. The Morgan fingerprint density at radius 2 is 0.644 bits per heavy atom. The predicted molar refractivity (Wildman–Crippen MR) is 225 cm³/mol. The highest BCUT2D eigenvalue weighted by molar-refractivity contribution is 7.82. The number of rotatable bonds is 2. The van der Waals surface area contributed by atoms with Gasteiger partial charge in [0.25, 0.3) is 0 Å². The second-order valence-electron chi connectivity index (χ2n) is 16.4. The molecular weight excluding hydrogens is 761 g/mol. The largest absolute Gasteiger partial charge is 0.508 e. The van der Waals surface area contributed by atoms with Crippen molar-refractivity contribution >= 4 is 10.4 Å². The summed E-state index contributed by atoms with van der Waals surface area (Å²) in [6.45, 7) is 8.44. The third-order valence-corrected chi connectivity index (χ3v) is 13.9. The highest BCUT2D eigenvalue weighted by Gasteiger charge is 2.44. The highest BCUT2D eigenvalue weighted by Crippen LogP contribution is 2.49. The molecule has 4 aromatic heterocycles. The van der Waals surface area contributed by atoms with Crippen molar-refractivity contribution in [2.24, 2.45) is 0 Å². The molecule has 0 amide bonds. The Hall–Kier alpha value is -6.85. The summed E-state index contributed by atoms with van der Waals surface area (Å²) in [6, 6.07) is 45.3. The standard InChI is InChI=1S/C48H42N4O6S/c1-45(29-9-5-13-33(53)25-29)37-17-18-38(49-37)46(2,30-10-6-14-34(54)26-30)40-20-22-42(51-40)48(4)32-12-8-16-36(28-32)58-59(55,56)57-35-15-7-11-31(27-35)47(3,41-21-19-39(45)50-41)43-23-24-44(48)52-43/h5-28,49-54H,1-4H3. The first-order valence-corrected chi connectivity index (χ1v) is 20.8. The van der Waals surface area contributed by atoms with Gasteiger partial charge in [0.05, 0.1) is 21.7 Å². The maximum absolute atomic E-state index is 13.6. The lowest BCUT2D eigenvalue weighted by Crippen LogP contribution is -2.32. The molecule has 4 atom stereocenters. The fourth-order valence-electron chi connectivity index (χ4n) is 9.34. The van der Waals surface area contributed by atoms with Crippen molar-refractivity contribution in [3.8, 4) is 23.0 Å². The minimum absolute atomic E-state index is 0.102. The van der Waals surface area contributed by atoms with Crippen LogP contribution in [0.5, 0.6) is 23.0 Å². The summed E-state index contributed by atoms with van der Waals surface area (Å²) in [5.41, 5.74) is 6.43. The van der Waals surface area contributed by atoms with E-state index in [4.69, 9.17) is 8.37 Å². The Balaban J connectivity index is 1.34. The molecule has 2 aliphatic rings. The summed E-state index contributed by atoms with van der Waals surface area (Å²) >= 11 is 0. The number of aromatic amines is 4. The van der Waals surface area contributed by atoms with Gasteiger partial charge in [0.15, 0.2) is 0 Å². The topological polar surface area (TPSA) is 156 Å². The second-order valence-corrected chi connectivity index (χ2v) is 17.5. The number of fused-ring (bicyclic) bond motifs is 14. The Morgan fingerprint density at radius 1 is 0.390 bits per heavy atom. The van der Waals surface area contributed by atoms with Gasteiger partial charge in [-0.1, -0.05) is 48.5 Å². The summed E-state index contributed by atoms with van der Waals surface area (Å²) in [4.78, 5) is 15.4. The molecule has 11 heteroatoms. The van der Waals surface area contributed by atoms with E-state index in [0.29, 0.717) is 0 Å². The first-order chi connectivity index (χ1) is 28.2. The SMILES string of the molecule is CC1(c2cccc(O)c2)c2ccc([nH]2)C(C)(c2cccc(O)c2)c2ccc([nH]2)C2(C)c3cccc(c3)OS(=O)(=O)Oc3cccc(c3)C(C)(c3ccc1[nH]3)c1ccc2[nH]1. The third-order valence-electron chi connectivity index (χ3n) is 13.1. The summed E-state index contributed by atoms with van der Waals surface area (Å²) in [7, 11) is -4.56. The molecule has 59 heavy (non-hydrogen) atoms. The summed E-state index contributed by atoms with van der Waals surface area (Å²) < 4.78 is 38.4. The third kappa shape index (κ3) is 5.41. The molecule has 296 valence electrons. The van der Waals surface area contributed by atoms with E-state index in [1.807, 2.05) is 36.4 Å². The zero-order valence-corrected chi connectivity index (χ0v) is 33.6. The molecule has 6 N–H and O–H groups in total. The molecule has 0 saturated carbocycles. The van der Waals surface area contributed by atoms with Crippen molar-refractivity contribution in [1.29, 1.82) is 0 Å². The Kier molecular flexibility index (Phi) is 7.78. The van der Waals surface area contributed by atoms with Crippen LogP contribution in [0.2, 0.25) is 0 Å². The highest BCUT2D eigenvalue weighted by atomic mass is 32.3. The number of hydrogen-bond donors (Lipinski definition) is 6. The Bertz CT molecular complexity index is 2860. The van der Waals surface area contributed by atoms with Crippen molar-refractivity contribution in [2.75, 3.05) is 0 Å². The van der Waals surface area contributed by atoms with Gasteiger partial charge in [0.1, 0.15) is 23.0 Å². The van der Waals surface area contributed by atoms with Crippen molar-refractivity contribution in [3.63, 3.8) is 0 Å². The van der Waals surface area contributed by atoms with Gasteiger partial charge in [-0.3, -0.25) is 0 Å². The van der Waals surface area contributed by atoms with E-state index < -0.39 is 32.1 Å². The minimum Gasteiger partial charge on any atom is -0.508 e. The van der Waals surface area contributed by atoms with Crippen LogP contribution in [0, 0.1) is 0 Å². The molecule has 4 aromatic carbocycles. The van der Waals surface area contributed by atoms with Crippen LogP contribution in [-0.4, -0.2) is 38.6 Å². The lowest BCUT2D eigenvalue weighted by atomic mass is 9.76. The van der Waals surface area contributed by atoms with E-state index in [9.17, 15) is 18.6 Å². The average molecular weight is 803 g/mol. The van der Waals surface area contributed by atoms with Gasteiger partial charge >= 0.3 is 10.4 Å². The smallest absolute Gasteiger partial charge is 0.500 e. The Morgan fingerprint density at radius 3 is 0.915 bits per heavy atom. The van der Waals surface area contributed by atoms with E-state index in [1.165, 1.54) is 0 Å². The fraction of sp³-hybridized carbons (Fsp3) is 0.167. The van der Waals surface area contributed by atoms with E-state index >= 15 is 0 Å². The van der Waals surface area contributed by atoms with Gasteiger partial charge in [0, 0.05) is 45.6 Å². The van der Waals surface area contributed by atoms with Crippen molar-refractivity contribution < 1.29 is 27.0 Å². The van der Waals surface area contributed by atoms with Gasteiger partial charge in [-0.05, 0) is 147 Å². The molecule has 0 spiro atoms. The monoisotopic (exact) mass is 802 g/mol. The molecule has 0 aliphatic carbocycles. The van der Waals surface area contributed by atoms with Crippen LogP contribution in [-0.2, 0) is 32.1 Å². The van der Waals surface area contributed by atoms with Crippen LogP contribution in [0.4, 0.5) is 0 Å². The number of aromatic nitrogens is 4. The number of H-pyrrole nitrogens is 4. The van der Waals surface area contributed by atoms with E-state index in [0.717, 1.165) is 67.8 Å². The first kappa shape index (κ1) is 36.5. The van der Waals surface area contributed by atoms with E-state index in [2.05, 4.69) is 96.2 Å². The van der Waals surface area contributed by atoms with E-state index in [1.54, 1.807) is 60.7 Å². The zero-order chi connectivity index (χ0) is 41.0. The van der Waals surface area contributed by atoms with E-state index in [-0.39, 0.29) is 23.0 Å². The molecule has 10 rings (SSSR count). The summed E-state index contributed by atoms with van der Waals surface area (Å²) in [5, 5.41) is 21.7. The van der Waals surface area contributed by atoms with Gasteiger partial charge in [0.2, 0.25) is 0 Å². The normalized spacial score (nSPS) is 24.2. The molecule has 10 nitrogen and oxygen atoms in total. The molecule has 0 radical (unpaired) electrons. The van der Waals surface area contributed by atoms with Crippen LogP contribution in [0.1, 0.15) is 95.5 Å². The summed E-state index contributed by atoms with van der Waals surface area (Å²) in [5.74, 6) is 0.479.